The lowest BCUT2D eigenvalue weighted by Crippen LogP contribution is -2.47. The molecule has 3 aliphatic heterocycles. The van der Waals surface area contributed by atoms with E-state index in [1.54, 1.807) is 23.2 Å². The van der Waals surface area contributed by atoms with E-state index in [1.807, 2.05) is 36.4 Å². The predicted molar refractivity (Wildman–Crippen MR) is 174 cm³/mol. The van der Waals surface area contributed by atoms with Crippen LogP contribution in [0.4, 0.5) is 0 Å². The van der Waals surface area contributed by atoms with E-state index in [-0.39, 0.29) is 47.5 Å². The van der Waals surface area contributed by atoms with E-state index in [1.165, 1.54) is 16.7 Å². The zero-order valence-corrected chi connectivity index (χ0v) is 25.8. The van der Waals surface area contributed by atoms with Crippen molar-refractivity contribution >= 4 is 23.5 Å². The van der Waals surface area contributed by atoms with Gasteiger partial charge in [-0.25, -0.2) is 0 Å². The van der Waals surface area contributed by atoms with Crippen molar-refractivity contribution in [3.05, 3.63) is 107 Å². The van der Waals surface area contributed by atoms with E-state index in [0.717, 1.165) is 62.1 Å². The van der Waals surface area contributed by atoms with Gasteiger partial charge in [-0.2, -0.15) is 0 Å². The van der Waals surface area contributed by atoms with Crippen molar-refractivity contribution < 1.29 is 19.4 Å². The molecule has 3 fully saturated rings. The first kappa shape index (κ1) is 29.6. The van der Waals surface area contributed by atoms with E-state index in [4.69, 9.17) is 4.74 Å². The van der Waals surface area contributed by atoms with Gasteiger partial charge in [-0.15, -0.1) is 0 Å². The Hall–Kier alpha value is -4.07. The summed E-state index contributed by atoms with van der Waals surface area (Å²) in [5.41, 5.74) is 6.61. The summed E-state index contributed by atoms with van der Waals surface area (Å²) < 4.78 is 6.43. The Labute approximate surface area is 265 Å². The predicted octanol–water partition coefficient (Wildman–Crippen LogP) is 6.11. The lowest BCUT2D eigenvalue weighted by atomic mass is 9.70. The zero-order chi connectivity index (χ0) is 30.9. The lowest BCUT2D eigenvalue weighted by molar-refractivity contribution is -0.144. The molecule has 7 heteroatoms. The van der Waals surface area contributed by atoms with Crippen LogP contribution in [0.25, 0.3) is 11.6 Å². The summed E-state index contributed by atoms with van der Waals surface area (Å²) >= 11 is 0. The molecule has 0 bridgehead atoms. The Morgan fingerprint density at radius 3 is 2.53 bits per heavy atom. The lowest BCUT2D eigenvalue weighted by Gasteiger charge is -2.36. The number of imide groups is 1. The topological polar surface area (TPSA) is 83.0 Å². The molecular formula is C38H41N3O4. The summed E-state index contributed by atoms with van der Waals surface area (Å²) in [5, 5.41) is 10.0. The summed E-state index contributed by atoms with van der Waals surface area (Å²) in [5.74, 6) is -0.358. The van der Waals surface area contributed by atoms with Crippen molar-refractivity contribution in [2.45, 2.75) is 57.7 Å². The number of amides is 2. The van der Waals surface area contributed by atoms with E-state index in [0.29, 0.717) is 13.0 Å². The number of aromatic hydroxyl groups is 1. The van der Waals surface area contributed by atoms with Crippen molar-refractivity contribution in [2.75, 3.05) is 19.7 Å². The number of pyridine rings is 1. The number of nitrogens with zero attached hydrogens (tertiary/aromatic N) is 3. The van der Waals surface area contributed by atoms with Crippen LogP contribution in [-0.4, -0.2) is 63.5 Å². The van der Waals surface area contributed by atoms with E-state index < -0.39 is 0 Å². The van der Waals surface area contributed by atoms with Crippen LogP contribution in [0.3, 0.4) is 0 Å². The molecule has 0 radical (unpaired) electrons. The van der Waals surface area contributed by atoms with Gasteiger partial charge in [0.05, 0.1) is 30.2 Å². The smallest absolute Gasteiger partial charge is 0.234 e. The maximum Gasteiger partial charge on any atom is 0.234 e. The molecule has 232 valence electrons. The molecule has 1 aromatic heterocycles. The highest BCUT2D eigenvalue weighted by Crippen LogP contribution is 2.50. The summed E-state index contributed by atoms with van der Waals surface area (Å²) in [6.07, 6.45) is 7.56. The molecule has 45 heavy (non-hydrogen) atoms. The third-order valence-corrected chi connectivity index (χ3v) is 10.2. The normalized spacial score (nSPS) is 26.0. The van der Waals surface area contributed by atoms with Gasteiger partial charge in [0.1, 0.15) is 5.75 Å². The number of aromatic nitrogens is 1. The number of carbonyl (C=O) groups excluding carboxylic acids is 2. The van der Waals surface area contributed by atoms with Crippen LogP contribution in [-0.2, 0) is 20.9 Å². The molecule has 7 rings (SSSR count). The molecule has 2 aromatic carbocycles. The molecule has 0 unspecified atom stereocenters. The minimum Gasteiger partial charge on any atom is -0.508 e. The number of hydrogen-bond donors (Lipinski definition) is 1. The quantitative estimate of drug-likeness (QED) is 0.247. The fourth-order valence-corrected chi connectivity index (χ4v) is 8.12. The summed E-state index contributed by atoms with van der Waals surface area (Å²) in [7, 11) is 0. The van der Waals surface area contributed by atoms with Crippen molar-refractivity contribution in [3.8, 4) is 5.75 Å². The van der Waals surface area contributed by atoms with Crippen LogP contribution in [0.5, 0.6) is 5.75 Å². The summed E-state index contributed by atoms with van der Waals surface area (Å²) in [6, 6.07) is 23.6. The number of allylic oxidation sites excluding steroid dienone is 2. The largest absolute Gasteiger partial charge is 0.508 e. The average Bonchev–Trinajstić information content (AvgIpc) is 3.59. The minimum absolute atomic E-state index is 0.0173. The molecule has 1 N–H and O–H groups in total. The standard InChI is InChI=1S/C38H41N3O4/c1-25-20-31-36(38(44)41(37(31)43)29-15-18-40(19-16-29)23-26-8-3-2-4-9-26)32-24-45-34(35(25)32)14-13-28(33-12-5-6-17-39-33)21-27-10-7-11-30(42)22-27/h2-12,17,21-22,29,31-32,34,36,42H,13-16,18-20,23-24H2,1H3/b28-21-/t31-,32+,34-,36-/m1/s1. The molecular weight excluding hydrogens is 562 g/mol. The van der Waals surface area contributed by atoms with Gasteiger partial charge in [-0.3, -0.25) is 24.4 Å². The van der Waals surface area contributed by atoms with Crippen molar-refractivity contribution in [1.29, 1.82) is 0 Å². The third kappa shape index (κ3) is 5.99. The SMILES string of the molecule is CC1=C2[C@@H](CC/C(=C/c3cccc(O)c3)c3ccccn3)OC[C@@H]2[C@@H]2C(=O)N(C3CCN(Cc4ccccc4)CC3)C(=O)[C@@H]2C1. The molecule has 1 aliphatic carbocycles. The zero-order valence-electron chi connectivity index (χ0n) is 25.8. The number of phenols is 1. The Morgan fingerprint density at radius 2 is 1.78 bits per heavy atom. The summed E-state index contributed by atoms with van der Waals surface area (Å²) in [4.78, 5) is 36.5. The number of piperidine rings is 1. The van der Waals surface area contributed by atoms with Gasteiger partial charge >= 0.3 is 0 Å². The van der Waals surface area contributed by atoms with E-state index >= 15 is 0 Å². The average molecular weight is 604 g/mol. The monoisotopic (exact) mass is 603 g/mol. The second kappa shape index (κ2) is 12.7. The first-order valence-corrected chi connectivity index (χ1v) is 16.3. The van der Waals surface area contributed by atoms with Crippen molar-refractivity contribution in [3.63, 3.8) is 0 Å². The highest BCUT2D eigenvalue weighted by molar-refractivity contribution is 6.06. The molecule has 3 aromatic rings. The number of phenolic OH excluding ortho intramolecular Hbond substituents is 1. The maximum absolute atomic E-state index is 14.0. The van der Waals surface area contributed by atoms with Crippen LogP contribution >= 0.6 is 0 Å². The van der Waals surface area contributed by atoms with Crippen LogP contribution in [0.15, 0.2) is 90.1 Å². The van der Waals surface area contributed by atoms with Gasteiger partial charge in [0.15, 0.2) is 0 Å². The van der Waals surface area contributed by atoms with E-state index in [9.17, 15) is 14.7 Å². The fourth-order valence-electron chi connectivity index (χ4n) is 8.12. The second-order valence-corrected chi connectivity index (χ2v) is 13.1. The highest BCUT2D eigenvalue weighted by atomic mass is 16.5. The minimum atomic E-state index is -0.318. The van der Waals surface area contributed by atoms with Gasteiger partial charge < -0.3 is 9.84 Å². The molecule has 3 saturated heterocycles. The first-order valence-electron chi connectivity index (χ1n) is 16.3. The van der Waals surface area contributed by atoms with E-state index in [2.05, 4.69) is 47.1 Å². The Kier molecular flexibility index (Phi) is 8.39. The molecule has 0 spiro atoms. The Balaban J connectivity index is 1.04. The Morgan fingerprint density at radius 1 is 0.978 bits per heavy atom. The van der Waals surface area contributed by atoms with Crippen LogP contribution in [0, 0.1) is 17.8 Å². The van der Waals surface area contributed by atoms with Gasteiger partial charge in [-0.05, 0) is 91.6 Å². The molecule has 0 saturated carbocycles. The number of carbonyl (C=O) groups is 2. The number of ether oxygens (including phenoxy) is 1. The molecule has 4 atom stereocenters. The van der Waals surface area contributed by atoms with Gasteiger partial charge in [0.25, 0.3) is 0 Å². The number of likely N-dealkylation sites (tertiary alicyclic amines) is 2. The first-order chi connectivity index (χ1) is 22.0. The van der Waals surface area contributed by atoms with Crippen molar-refractivity contribution in [1.82, 2.24) is 14.8 Å². The highest BCUT2D eigenvalue weighted by Gasteiger charge is 2.57. The van der Waals surface area contributed by atoms with Crippen LogP contribution in [0.2, 0.25) is 0 Å². The summed E-state index contributed by atoms with van der Waals surface area (Å²) in [6.45, 7) is 5.29. The number of hydrogen-bond acceptors (Lipinski definition) is 6. The van der Waals surface area contributed by atoms with Crippen LogP contribution in [0.1, 0.15) is 55.8 Å². The van der Waals surface area contributed by atoms with Crippen molar-refractivity contribution in [2.24, 2.45) is 17.8 Å². The van der Waals surface area contributed by atoms with Gasteiger partial charge in [0.2, 0.25) is 11.8 Å². The van der Waals surface area contributed by atoms with Gasteiger partial charge in [0, 0.05) is 37.8 Å². The van der Waals surface area contributed by atoms with Gasteiger partial charge in [-0.1, -0.05) is 54.1 Å². The number of benzene rings is 2. The molecule has 2 amide bonds. The maximum atomic E-state index is 14.0. The molecule has 4 aliphatic rings. The molecule has 4 heterocycles. The Bertz CT molecular complexity index is 1610. The second-order valence-electron chi connectivity index (χ2n) is 13.1. The van der Waals surface area contributed by atoms with Crippen LogP contribution < -0.4 is 0 Å². The third-order valence-electron chi connectivity index (χ3n) is 10.2. The number of fused-ring (bicyclic) bond motifs is 3. The molecule has 7 nitrogen and oxygen atoms in total. The fraction of sp³-hybridized carbons (Fsp3) is 0.395. The number of rotatable bonds is 8.